The lowest BCUT2D eigenvalue weighted by atomic mass is 10.3. The molecular weight excluding hydrogens is 340 g/mol. The number of benzene rings is 1. The molecule has 1 fully saturated rings. The Morgan fingerprint density at radius 3 is 2.55 bits per heavy atom. The van der Waals surface area contributed by atoms with Crippen LogP contribution in [-0.2, 0) is 4.79 Å². The van der Waals surface area contributed by atoms with E-state index in [1.54, 1.807) is 6.08 Å². The van der Waals surface area contributed by atoms with E-state index in [0.29, 0.717) is 4.91 Å². The van der Waals surface area contributed by atoms with E-state index in [1.165, 1.54) is 0 Å². The number of hydrogen-bond acceptors (Lipinski definition) is 3. The Morgan fingerprint density at radius 2 is 1.90 bits per heavy atom. The maximum atomic E-state index is 11.6. The van der Waals surface area contributed by atoms with Crippen LogP contribution in [0.3, 0.4) is 0 Å². The molecule has 0 spiro atoms. The van der Waals surface area contributed by atoms with Gasteiger partial charge in [0.2, 0.25) is 0 Å². The van der Waals surface area contributed by atoms with Gasteiger partial charge in [-0.05, 0) is 54.2 Å². The Balaban J connectivity index is 1.99. The second kappa shape index (κ2) is 5.30. The Morgan fingerprint density at radius 1 is 1.15 bits per heavy atom. The van der Waals surface area contributed by atoms with Crippen LogP contribution in [-0.4, -0.2) is 15.7 Å². The van der Waals surface area contributed by atoms with Gasteiger partial charge < -0.3 is 4.57 Å². The van der Waals surface area contributed by atoms with Crippen molar-refractivity contribution in [3.63, 3.8) is 0 Å². The molecule has 4 nitrogen and oxygen atoms in total. The molecule has 2 heterocycles. The van der Waals surface area contributed by atoms with Crippen molar-refractivity contribution in [2.45, 2.75) is 0 Å². The first-order valence-corrected chi connectivity index (χ1v) is 7.42. The van der Waals surface area contributed by atoms with Gasteiger partial charge in [0.05, 0.1) is 4.91 Å². The summed E-state index contributed by atoms with van der Waals surface area (Å²) in [5, 5.41) is 1.92. The summed E-state index contributed by atoms with van der Waals surface area (Å²) < 4.78 is 2.96. The molecule has 0 bridgehead atoms. The minimum absolute atomic E-state index is 0.331. The van der Waals surface area contributed by atoms with Crippen molar-refractivity contribution in [1.29, 1.82) is 0 Å². The third-order valence-electron chi connectivity index (χ3n) is 2.81. The van der Waals surface area contributed by atoms with Gasteiger partial charge in [0.15, 0.2) is 0 Å². The molecule has 0 saturated carbocycles. The first kappa shape index (κ1) is 13.2. The first-order chi connectivity index (χ1) is 9.63. The monoisotopic (exact) mass is 348 g/mol. The number of carbonyl (C=O) groups is 2. The van der Waals surface area contributed by atoms with Crippen LogP contribution in [0, 0.1) is 0 Å². The van der Waals surface area contributed by atoms with Crippen molar-refractivity contribution in [1.82, 2.24) is 9.88 Å². The third kappa shape index (κ3) is 2.57. The molecular formula is C14H9BrN2O2S. The van der Waals surface area contributed by atoms with E-state index in [1.807, 2.05) is 47.2 Å². The molecule has 20 heavy (non-hydrogen) atoms. The van der Waals surface area contributed by atoms with Crippen LogP contribution in [0.2, 0.25) is 0 Å². The molecule has 1 aliphatic rings. The summed E-state index contributed by atoms with van der Waals surface area (Å²) in [5.41, 5.74) is 1.83. The van der Waals surface area contributed by atoms with Crippen LogP contribution in [0.5, 0.6) is 0 Å². The van der Waals surface area contributed by atoms with Crippen LogP contribution >= 0.6 is 27.7 Å². The van der Waals surface area contributed by atoms with Gasteiger partial charge in [-0.3, -0.25) is 14.9 Å². The maximum absolute atomic E-state index is 11.6. The largest absolute Gasteiger partial charge is 0.317 e. The molecule has 1 saturated heterocycles. The van der Waals surface area contributed by atoms with E-state index in [9.17, 15) is 9.59 Å². The molecule has 0 unspecified atom stereocenters. The highest BCUT2D eigenvalue weighted by Crippen LogP contribution is 2.26. The van der Waals surface area contributed by atoms with Crippen LogP contribution < -0.4 is 5.32 Å². The average molecular weight is 349 g/mol. The molecule has 2 amide bonds. The number of amides is 2. The van der Waals surface area contributed by atoms with Crippen molar-refractivity contribution in [3.05, 3.63) is 57.7 Å². The van der Waals surface area contributed by atoms with Gasteiger partial charge in [0.25, 0.3) is 11.1 Å². The number of carbonyl (C=O) groups excluding carboxylic acids is 2. The predicted molar refractivity (Wildman–Crippen MR) is 82.6 cm³/mol. The molecule has 2 aromatic rings. The van der Waals surface area contributed by atoms with Gasteiger partial charge in [0, 0.05) is 22.1 Å². The second-order valence-corrected chi connectivity index (χ2v) is 6.06. The quantitative estimate of drug-likeness (QED) is 0.844. The standard InChI is InChI=1S/C14H9BrN2O2S/c15-9-3-5-10(6-4-9)17-7-1-2-11(17)8-12-13(18)16-14(19)20-12/h1-8H,(H,16,18,19). The van der Waals surface area contributed by atoms with E-state index >= 15 is 0 Å². The normalized spacial score (nSPS) is 16.8. The van der Waals surface area contributed by atoms with E-state index in [4.69, 9.17) is 0 Å². The van der Waals surface area contributed by atoms with Gasteiger partial charge in [-0.2, -0.15) is 0 Å². The van der Waals surface area contributed by atoms with Gasteiger partial charge in [0.1, 0.15) is 0 Å². The molecule has 1 aliphatic heterocycles. The Bertz CT molecular complexity index is 719. The summed E-state index contributed by atoms with van der Waals surface area (Å²) in [6, 6.07) is 11.6. The molecule has 1 aromatic heterocycles. The minimum Gasteiger partial charge on any atom is -0.317 e. The van der Waals surface area contributed by atoms with Gasteiger partial charge in [-0.1, -0.05) is 15.9 Å². The van der Waals surface area contributed by atoms with E-state index < -0.39 is 0 Å². The zero-order valence-electron chi connectivity index (χ0n) is 10.2. The number of hydrogen-bond donors (Lipinski definition) is 1. The maximum Gasteiger partial charge on any atom is 0.290 e. The Kier molecular flexibility index (Phi) is 3.50. The summed E-state index contributed by atoms with van der Waals surface area (Å²) >= 11 is 4.32. The summed E-state index contributed by atoms with van der Waals surface area (Å²) in [6.45, 7) is 0. The highest BCUT2D eigenvalue weighted by Gasteiger charge is 2.25. The minimum atomic E-state index is -0.344. The number of rotatable bonds is 2. The predicted octanol–water partition coefficient (Wildman–Crippen LogP) is 3.56. The molecule has 100 valence electrons. The summed E-state index contributed by atoms with van der Waals surface area (Å²) in [4.78, 5) is 23.1. The van der Waals surface area contributed by atoms with Crippen molar-refractivity contribution < 1.29 is 9.59 Å². The molecule has 6 heteroatoms. The van der Waals surface area contributed by atoms with Gasteiger partial charge in [-0.25, -0.2) is 0 Å². The number of nitrogens with zero attached hydrogens (tertiary/aromatic N) is 1. The van der Waals surface area contributed by atoms with Crippen LogP contribution in [0.15, 0.2) is 52.0 Å². The molecule has 1 N–H and O–H groups in total. The zero-order chi connectivity index (χ0) is 14.1. The highest BCUT2D eigenvalue weighted by molar-refractivity contribution is 9.10. The molecule has 0 aliphatic carbocycles. The molecule has 0 radical (unpaired) electrons. The van der Waals surface area contributed by atoms with Crippen LogP contribution in [0.1, 0.15) is 5.69 Å². The zero-order valence-corrected chi connectivity index (χ0v) is 12.6. The van der Waals surface area contributed by atoms with Crippen molar-refractivity contribution >= 4 is 44.9 Å². The fourth-order valence-corrected chi connectivity index (χ4v) is 2.84. The number of imide groups is 1. The van der Waals surface area contributed by atoms with E-state index in [-0.39, 0.29) is 11.1 Å². The average Bonchev–Trinajstić information content (AvgIpc) is 2.98. The van der Waals surface area contributed by atoms with Crippen molar-refractivity contribution in [3.8, 4) is 5.69 Å². The van der Waals surface area contributed by atoms with Crippen molar-refractivity contribution in [2.75, 3.05) is 0 Å². The Labute approximate surface area is 128 Å². The fourth-order valence-electron chi connectivity index (χ4n) is 1.90. The van der Waals surface area contributed by atoms with Gasteiger partial charge in [-0.15, -0.1) is 0 Å². The SMILES string of the molecule is O=C1NC(=O)C(=Cc2cccn2-c2ccc(Br)cc2)S1. The number of nitrogens with one attached hydrogen (secondary N) is 1. The van der Waals surface area contributed by atoms with E-state index in [2.05, 4.69) is 21.2 Å². The lowest BCUT2D eigenvalue weighted by Gasteiger charge is -2.06. The lowest BCUT2D eigenvalue weighted by Crippen LogP contribution is -2.17. The first-order valence-electron chi connectivity index (χ1n) is 5.81. The summed E-state index contributed by atoms with van der Waals surface area (Å²) in [7, 11) is 0. The molecule has 1 aromatic carbocycles. The smallest absolute Gasteiger partial charge is 0.290 e. The topological polar surface area (TPSA) is 51.1 Å². The van der Waals surface area contributed by atoms with Crippen LogP contribution in [0.4, 0.5) is 4.79 Å². The lowest BCUT2D eigenvalue weighted by molar-refractivity contribution is -0.115. The number of halogens is 1. The van der Waals surface area contributed by atoms with Gasteiger partial charge >= 0.3 is 0 Å². The fraction of sp³-hybridized carbons (Fsp3) is 0. The van der Waals surface area contributed by atoms with Crippen molar-refractivity contribution in [2.24, 2.45) is 0 Å². The van der Waals surface area contributed by atoms with E-state index in [0.717, 1.165) is 27.6 Å². The summed E-state index contributed by atoms with van der Waals surface area (Å²) in [5.74, 6) is -0.344. The number of thioether (sulfide) groups is 1. The van der Waals surface area contributed by atoms with Crippen LogP contribution in [0.25, 0.3) is 11.8 Å². The Hall–Kier alpha value is -1.79. The second-order valence-electron chi connectivity index (χ2n) is 4.13. The third-order valence-corrected chi connectivity index (χ3v) is 4.15. The molecule has 3 rings (SSSR count). The number of aromatic nitrogens is 1. The summed E-state index contributed by atoms with van der Waals surface area (Å²) in [6.07, 6.45) is 3.63. The highest BCUT2D eigenvalue weighted by atomic mass is 79.9. The molecule has 0 atom stereocenters.